The second-order valence-corrected chi connectivity index (χ2v) is 5.91. The van der Waals surface area contributed by atoms with E-state index in [0.717, 1.165) is 32.6 Å². The Kier molecular flexibility index (Phi) is 4.19. The van der Waals surface area contributed by atoms with Crippen LogP contribution in [-0.2, 0) is 4.74 Å². The standard InChI is InChI=1S/C14H24N4O3/c1-2-15-13(19)16-5-6-17-12(9-16)10-18(14(17)20)11-3-7-21-8-4-11/h11-12H,2-10H2,1H3,(H,15,19)/t12-/m1/s1. The molecule has 0 unspecified atom stereocenters. The predicted octanol–water partition coefficient (Wildman–Crippen LogP) is 0.317. The van der Waals surface area contributed by atoms with Crippen molar-refractivity contribution in [3.63, 3.8) is 0 Å². The van der Waals surface area contributed by atoms with Gasteiger partial charge in [0.1, 0.15) is 0 Å². The molecule has 118 valence electrons. The van der Waals surface area contributed by atoms with Gasteiger partial charge in [0.05, 0.1) is 6.04 Å². The molecule has 0 aromatic carbocycles. The zero-order chi connectivity index (χ0) is 14.8. The van der Waals surface area contributed by atoms with Crippen LogP contribution in [0.3, 0.4) is 0 Å². The molecule has 7 heteroatoms. The first-order chi connectivity index (χ1) is 10.2. The fraction of sp³-hybridized carbons (Fsp3) is 0.857. The number of carbonyl (C=O) groups excluding carboxylic acids is 2. The van der Waals surface area contributed by atoms with Gasteiger partial charge in [-0.25, -0.2) is 9.59 Å². The highest BCUT2D eigenvalue weighted by atomic mass is 16.5. The van der Waals surface area contributed by atoms with Gasteiger partial charge in [-0.15, -0.1) is 0 Å². The van der Waals surface area contributed by atoms with E-state index in [-0.39, 0.29) is 18.1 Å². The molecule has 3 aliphatic rings. The van der Waals surface area contributed by atoms with Crippen molar-refractivity contribution >= 4 is 12.1 Å². The van der Waals surface area contributed by atoms with E-state index < -0.39 is 0 Å². The van der Waals surface area contributed by atoms with Gasteiger partial charge in [-0.05, 0) is 19.8 Å². The Morgan fingerprint density at radius 3 is 2.67 bits per heavy atom. The maximum absolute atomic E-state index is 12.5. The van der Waals surface area contributed by atoms with Crippen molar-refractivity contribution in [1.29, 1.82) is 0 Å². The molecule has 0 bridgehead atoms. The molecular weight excluding hydrogens is 272 g/mol. The summed E-state index contributed by atoms with van der Waals surface area (Å²) in [6, 6.07) is 0.558. The average molecular weight is 296 g/mol. The number of hydrogen-bond donors (Lipinski definition) is 1. The van der Waals surface area contributed by atoms with Crippen LogP contribution in [0.2, 0.25) is 0 Å². The van der Waals surface area contributed by atoms with Crippen LogP contribution in [0.4, 0.5) is 9.59 Å². The lowest BCUT2D eigenvalue weighted by Crippen LogP contribution is -2.55. The van der Waals surface area contributed by atoms with E-state index in [1.54, 1.807) is 0 Å². The first-order valence-corrected chi connectivity index (χ1v) is 7.88. The van der Waals surface area contributed by atoms with Gasteiger partial charge in [0.25, 0.3) is 0 Å². The minimum absolute atomic E-state index is 0.0193. The molecule has 1 N–H and O–H groups in total. The quantitative estimate of drug-likeness (QED) is 0.798. The number of hydrogen-bond acceptors (Lipinski definition) is 3. The summed E-state index contributed by atoms with van der Waals surface area (Å²) in [4.78, 5) is 30.2. The normalized spacial score (nSPS) is 27.0. The van der Waals surface area contributed by atoms with Gasteiger partial charge in [-0.1, -0.05) is 0 Å². The van der Waals surface area contributed by atoms with Crippen LogP contribution in [0, 0.1) is 0 Å². The van der Waals surface area contributed by atoms with E-state index >= 15 is 0 Å². The topological polar surface area (TPSA) is 65.1 Å². The van der Waals surface area contributed by atoms with Crippen molar-refractivity contribution < 1.29 is 14.3 Å². The highest BCUT2D eigenvalue weighted by Gasteiger charge is 2.44. The number of urea groups is 2. The fourth-order valence-corrected chi connectivity index (χ4v) is 3.48. The van der Waals surface area contributed by atoms with E-state index in [9.17, 15) is 9.59 Å². The Hall–Kier alpha value is -1.50. The van der Waals surface area contributed by atoms with Gasteiger partial charge in [0, 0.05) is 52.0 Å². The SMILES string of the molecule is CCNC(=O)N1CCN2C(=O)N(C3CCOCC3)C[C@H]2C1. The highest BCUT2D eigenvalue weighted by Crippen LogP contribution is 2.26. The molecule has 7 nitrogen and oxygen atoms in total. The largest absolute Gasteiger partial charge is 0.381 e. The van der Waals surface area contributed by atoms with Crippen molar-refractivity contribution in [2.45, 2.75) is 31.8 Å². The molecule has 21 heavy (non-hydrogen) atoms. The number of carbonyl (C=O) groups is 2. The fourth-order valence-electron chi connectivity index (χ4n) is 3.48. The minimum atomic E-state index is -0.0193. The highest BCUT2D eigenvalue weighted by molar-refractivity contribution is 5.79. The summed E-state index contributed by atoms with van der Waals surface area (Å²) in [5, 5.41) is 2.83. The van der Waals surface area contributed by atoms with Crippen molar-refractivity contribution in [1.82, 2.24) is 20.0 Å². The van der Waals surface area contributed by atoms with Crippen LogP contribution in [0.5, 0.6) is 0 Å². The minimum Gasteiger partial charge on any atom is -0.381 e. The van der Waals surface area contributed by atoms with Crippen LogP contribution in [0.25, 0.3) is 0 Å². The van der Waals surface area contributed by atoms with Crippen molar-refractivity contribution in [3.05, 3.63) is 0 Å². The first kappa shape index (κ1) is 14.4. The predicted molar refractivity (Wildman–Crippen MR) is 77.1 cm³/mol. The van der Waals surface area contributed by atoms with Crippen LogP contribution in [0.15, 0.2) is 0 Å². The first-order valence-electron chi connectivity index (χ1n) is 7.88. The van der Waals surface area contributed by atoms with Gasteiger partial charge in [0.15, 0.2) is 0 Å². The molecule has 0 aromatic heterocycles. The molecule has 0 spiro atoms. The summed E-state index contributed by atoms with van der Waals surface area (Å²) >= 11 is 0. The summed E-state index contributed by atoms with van der Waals surface area (Å²) in [7, 11) is 0. The van der Waals surface area contributed by atoms with Crippen LogP contribution < -0.4 is 5.32 Å². The number of rotatable bonds is 2. The molecule has 1 atom stereocenters. The van der Waals surface area contributed by atoms with Crippen molar-refractivity contribution in [3.8, 4) is 0 Å². The summed E-state index contributed by atoms with van der Waals surface area (Å²) in [6.07, 6.45) is 1.85. The monoisotopic (exact) mass is 296 g/mol. The lowest BCUT2D eigenvalue weighted by molar-refractivity contribution is 0.0504. The molecule has 3 aliphatic heterocycles. The summed E-state index contributed by atoms with van der Waals surface area (Å²) in [5.74, 6) is 0. The second kappa shape index (κ2) is 6.09. The lowest BCUT2D eigenvalue weighted by Gasteiger charge is -2.36. The third kappa shape index (κ3) is 2.79. The average Bonchev–Trinajstić information content (AvgIpc) is 2.85. The molecule has 0 radical (unpaired) electrons. The number of amides is 4. The van der Waals surface area contributed by atoms with Gasteiger partial charge in [0.2, 0.25) is 0 Å². The van der Waals surface area contributed by atoms with E-state index in [4.69, 9.17) is 4.74 Å². The number of fused-ring (bicyclic) bond motifs is 1. The number of nitrogens with one attached hydrogen (secondary N) is 1. The molecule has 3 rings (SSSR count). The van der Waals surface area contributed by atoms with Crippen LogP contribution in [0.1, 0.15) is 19.8 Å². The third-order valence-corrected chi connectivity index (χ3v) is 4.63. The van der Waals surface area contributed by atoms with Crippen LogP contribution >= 0.6 is 0 Å². The van der Waals surface area contributed by atoms with Gasteiger partial charge in [-0.3, -0.25) is 0 Å². The number of nitrogens with zero attached hydrogens (tertiary/aromatic N) is 3. The second-order valence-electron chi connectivity index (χ2n) is 5.91. The van der Waals surface area contributed by atoms with Gasteiger partial charge >= 0.3 is 12.1 Å². The molecule has 3 saturated heterocycles. The Labute approximate surface area is 125 Å². The third-order valence-electron chi connectivity index (χ3n) is 4.63. The van der Waals surface area contributed by atoms with Crippen molar-refractivity contribution in [2.24, 2.45) is 0 Å². The maximum atomic E-state index is 12.5. The number of ether oxygens (including phenoxy) is 1. The van der Waals surface area contributed by atoms with Gasteiger partial charge < -0.3 is 24.8 Å². The smallest absolute Gasteiger partial charge is 0.320 e. The lowest BCUT2D eigenvalue weighted by atomic mass is 10.1. The maximum Gasteiger partial charge on any atom is 0.320 e. The summed E-state index contributed by atoms with van der Waals surface area (Å²) < 4.78 is 5.38. The number of piperazine rings is 1. The van der Waals surface area contributed by atoms with Crippen molar-refractivity contribution in [2.75, 3.05) is 45.9 Å². The summed E-state index contributed by atoms with van der Waals surface area (Å²) in [6.45, 7) is 6.66. The Morgan fingerprint density at radius 2 is 1.95 bits per heavy atom. The Bertz CT molecular complexity index is 411. The molecule has 4 amide bonds. The molecule has 3 fully saturated rings. The molecular formula is C14H24N4O3. The Balaban J connectivity index is 1.62. The Morgan fingerprint density at radius 1 is 1.19 bits per heavy atom. The van der Waals surface area contributed by atoms with Crippen LogP contribution in [-0.4, -0.2) is 84.8 Å². The van der Waals surface area contributed by atoms with E-state index in [2.05, 4.69) is 5.32 Å². The van der Waals surface area contributed by atoms with E-state index in [0.29, 0.717) is 32.2 Å². The molecule has 3 heterocycles. The van der Waals surface area contributed by atoms with E-state index in [1.807, 2.05) is 21.6 Å². The molecule has 0 aromatic rings. The summed E-state index contributed by atoms with van der Waals surface area (Å²) in [5.41, 5.74) is 0. The van der Waals surface area contributed by atoms with Gasteiger partial charge in [-0.2, -0.15) is 0 Å². The zero-order valence-electron chi connectivity index (χ0n) is 12.6. The zero-order valence-corrected chi connectivity index (χ0v) is 12.6. The molecule has 0 saturated carbocycles. The molecule has 0 aliphatic carbocycles. The van der Waals surface area contributed by atoms with E-state index in [1.165, 1.54) is 0 Å².